The number of fused-ring (bicyclic) bond motifs is 1. The van der Waals surface area contributed by atoms with Crippen molar-refractivity contribution < 1.29 is 4.79 Å². The molecule has 1 amide bonds. The molecule has 0 radical (unpaired) electrons. The summed E-state index contributed by atoms with van der Waals surface area (Å²) in [6.45, 7) is 12.3. The molecule has 0 aliphatic carbocycles. The van der Waals surface area contributed by atoms with Crippen molar-refractivity contribution in [2.45, 2.75) is 72.1 Å². The predicted molar refractivity (Wildman–Crippen MR) is 125 cm³/mol. The predicted octanol–water partition coefficient (Wildman–Crippen LogP) is 3.60. The molecule has 30 heavy (non-hydrogen) atoms. The fraction of sp³-hybridized carbons (Fsp3) is 0.583. The quantitative estimate of drug-likeness (QED) is 0.426. The van der Waals surface area contributed by atoms with Crippen LogP contribution in [0.2, 0.25) is 0 Å². The van der Waals surface area contributed by atoms with E-state index in [0.29, 0.717) is 23.6 Å². The van der Waals surface area contributed by atoms with E-state index in [0.717, 1.165) is 43.6 Å². The van der Waals surface area contributed by atoms with Crippen molar-refractivity contribution in [1.82, 2.24) is 15.5 Å². The molecule has 2 aliphatic heterocycles. The molecule has 4 N–H and O–H groups in total. The van der Waals surface area contributed by atoms with Gasteiger partial charge in [-0.25, -0.2) is 0 Å². The lowest BCUT2D eigenvalue weighted by molar-refractivity contribution is -0.116. The van der Waals surface area contributed by atoms with Crippen molar-refractivity contribution >= 4 is 23.5 Å². The highest BCUT2D eigenvalue weighted by Gasteiger charge is 2.33. The zero-order valence-electron chi connectivity index (χ0n) is 19.0. The number of benzene rings is 1. The molecule has 164 valence electrons. The first kappa shape index (κ1) is 22.5. The lowest BCUT2D eigenvalue weighted by Gasteiger charge is -2.41. The molecule has 1 fully saturated rings. The summed E-state index contributed by atoms with van der Waals surface area (Å²) in [6.07, 6.45) is 4.91. The maximum atomic E-state index is 12.9. The van der Waals surface area contributed by atoms with E-state index < -0.39 is 0 Å². The number of hydrogen-bond donors (Lipinski definition) is 4. The molecule has 1 unspecified atom stereocenters. The first-order chi connectivity index (χ1) is 14.3. The molecule has 6 nitrogen and oxygen atoms in total. The van der Waals surface area contributed by atoms with E-state index in [-0.39, 0.29) is 17.9 Å². The molecule has 0 saturated carbocycles. The molecule has 3 rings (SSSR count). The number of anilines is 1. The number of amidine groups is 1. The molecule has 0 bridgehead atoms. The molecule has 2 aliphatic rings. The molecule has 2 heterocycles. The molecule has 6 heteroatoms. The Morgan fingerprint density at radius 2 is 1.97 bits per heavy atom. The topological polar surface area (TPSA) is 80.2 Å². The van der Waals surface area contributed by atoms with E-state index in [1.165, 1.54) is 5.56 Å². The van der Waals surface area contributed by atoms with E-state index in [1.54, 1.807) is 6.92 Å². The third kappa shape index (κ3) is 5.29. The van der Waals surface area contributed by atoms with E-state index in [2.05, 4.69) is 66.7 Å². The molecule has 1 aromatic rings. The van der Waals surface area contributed by atoms with Gasteiger partial charge in [0.05, 0.1) is 11.4 Å². The van der Waals surface area contributed by atoms with Gasteiger partial charge in [0.2, 0.25) is 0 Å². The van der Waals surface area contributed by atoms with Crippen molar-refractivity contribution in [2.75, 3.05) is 18.4 Å². The number of amides is 1. The molecule has 0 spiro atoms. The third-order valence-corrected chi connectivity index (χ3v) is 6.38. The molecular weight excluding hydrogens is 374 g/mol. The molecule has 1 saturated heterocycles. The van der Waals surface area contributed by atoms with Crippen LogP contribution < -0.4 is 16.0 Å². The summed E-state index contributed by atoms with van der Waals surface area (Å²) in [5.41, 5.74) is 4.04. The number of hydrogen-bond acceptors (Lipinski definition) is 5. The normalized spacial score (nSPS) is 20.9. The minimum atomic E-state index is -0.193. The van der Waals surface area contributed by atoms with Crippen LogP contribution in [0.5, 0.6) is 0 Å². The number of nitrogens with zero attached hydrogens (tertiary/aromatic N) is 1. The standard InChI is InChI=1S/C24H37N5O/c1-6-18-7-8-22-19(13-18)14-21(24(30)27-17(5)25)23(28-22)29-11-9-20(10-12-29)26-16(4)15(2)3/h7-8,13-16,20,23,26,28H,6,9-12H2,1-5H3,(H2,25,27,30)/t16-,23?/m1/s1. The molecule has 2 atom stereocenters. The van der Waals surface area contributed by atoms with Gasteiger partial charge in [0.1, 0.15) is 6.17 Å². The van der Waals surface area contributed by atoms with Crippen LogP contribution in [0, 0.1) is 11.3 Å². The van der Waals surface area contributed by atoms with Crippen molar-refractivity contribution in [3.63, 3.8) is 0 Å². The zero-order chi connectivity index (χ0) is 21.8. The van der Waals surface area contributed by atoms with Gasteiger partial charge in [-0.1, -0.05) is 26.8 Å². The summed E-state index contributed by atoms with van der Waals surface area (Å²) in [5.74, 6) is 0.592. The van der Waals surface area contributed by atoms with Crippen LogP contribution in [0.4, 0.5) is 5.69 Å². The van der Waals surface area contributed by atoms with Crippen LogP contribution >= 0.6 is 0 Å². The summed E-state index contributed by atoms with van der Waals surface area (Å²) >= 11 is 0. The van der Waals surface area contributed by atoms with E-state index in [1.807, 2.05) is 6.08 Å². The zero-order valence-corrected chi connectivity index (χ0v) is 19.0. The Hall–Kier alpha value is -2.18. The average molecular weight is 412 g/mol. The second-order valence-electron chi connectivity index (χ2n) is 9.01. The number of carbonyl (C=O) groups excluding carboxylic acids is 1. The number of aryl methyl sites for hydroxylation is 1. The van der Waals surface area contributed by atoms with Crippen molar-refractivity contribution in [3.05, 3.63) is 34.9 Å². The number of carbonyl (C=O) groups is 1. The summed E-state index contributed by atoms with van der Waals surface area (Å²) in [5, 5.41) is 17.7. The number of piperidine rings is 1. The lowest BCUT2D eigenvalue weighted by atomic mass is 9.95. The fourth-order valence-electron chi connectivity index (χ4n) is 4.16. The van der Waals surface area contributed by atoms with Gasteiger partial charge in [-0.05, 0) is 68.4 Å². The van der Waals surface area contributed by atoms with E-state index in [9.17, 15) is 4.79 Å². The lowest BCUT2D eigenvalue weighted by Crippen LogP contribution is -2.54. The summed E-state index contributed by atoms with van der Waals surface area (Å²) in [4.78, 5) is 15.3. The Labute approximate surface area is 181 Å². The van der Waals surface area contributed by atoms with Crippen molar-refractivity contribution in [3.8, 4) is 0 Å². The fourth-order valence-corrected chi connectivity index (χ4v) is 4.16. The summed E-state index contributed by atoms with van der Waals surface area (Å²) < 4.78 is 0. The second kappa shape index (κ2) is 9.75. The Morgan fingerprint density at radius 1 is 1.27 bits per heavy atom. The Kier molecular flexibility index (Phi) is 7.32. The first-order valence-corrected chi connectivity index (χ1v) is 11.3. The van der Waals surface area contributed by atoms with Crippen molar-refractivity contribution in [2.24, 2.45) is 5.92 Å². The SMILES string of the molecule is CCc1ccc2c(c1)C=C(C(=O)NC(C)=N)C(N1CCC(N[C@H](C)C(C)C)CC1)N2. The van der Waals surface area contributed by atoms with Crippen LogP contribution in [-0.4, -0.2) is 48.0 Å². The van der Waals surface area contributed by atoms with Crippen LogP contribution in [0.15, 0.2) is 23.8 Å². The maximum Gasteiger partial charge on any atom is 0.255 e. The minimum absolute atomic E-state index is 0.165. The first-order valence-electron chi connectivity index (χ1n) is 11.3. The van der Waals surface area contributed by atoms with E-state index in [4.69, 9.17) is 5.41 Å². The molecule has 0 aromatic heterocycles. The third-order valence-electron chi connectivity index (χ3n) is 6.38. The van der Waals surface area contributed by atoms with Gasteiger partial charge in [0.15, 0.2) is 0 Å². The van der Waals surface area contributed by atoms with Crippen LogP contribution in [-0.2, 0) is 11.2 Å². The van der Waals surface area contributed by atoms with Crippen molar-refractivity contribution in [1.29, 1.82) is 5.41 Å². The summed E-state index contributed by atoms with van der Waals surface area (Å²) in [6, 6.07) is 7.43. The Bertz CT molecular complexity index is 808. The van der Waals surface area contributed by atoms with Crippen LogP contribution in [0.1, 0.15) is 58.6 Å². The number of likely N-dealkylation sites (tertiary alicyclic amines) is 1. The average Bonchev–Trinajstić information content (AvgIpc) is 2.72. The van der Waals surface area contributed by atoms with Crippen LogP contribution in [0.3, 0.4) is 0 Å². The highest BCUT2D eigenvalue weighted by Crippen LogP contribution is 2.31. The molecule has 1 aromatic carbocycles. The van der Waals surface area contributed by atoms with Crippen LogP contribution in [0.25, 0.3) is 6.08 Å². The van der Waals surface area contributed by atoms with Gasteiger partial charge < -0.3 is 16.0 Å². The highest BCUT2D eigenvalue weighted by molar-refractivity contribution is 6.09. The van der Waals surface area contributed by atoms with Gasteiger partial charge in [0.25, 0.3) is 5.91 Å². The maximum absolute atomic E-state index is 12.9. The number of nitrogens with one attached hydrogen (secondary N) is 4. The monoisotopic (exact) mass is 411 g/mol. The highest BCUT2D eigenvalue weighted by atomic mass is 16.1. The second-order valence-corrected chi connectivity index (χ2v) is 9.01. The van der Waals surface area contributed by atoms with Gasteiger partial charge in [0, 0.05) is 30.9 Å². The Balaban J connectivity index is 1.77. The molecular formula is C24H37N5O. The van der Waals surface area contributed by atoms with Gasteiger partial charge >= 0.3 is 0 Å². The van der Waals surface area contributed by atoms with Gasteiger partial charge in [-0.3, -0.25) is 15.1 Å². The number of rotatable bonds is 6. The Morgan fingerprint density at radius 3 is 2.57 bits per heavy atom. The smallest absolute Gasteiger partial charge is 0.255 e. The minimum Gasteiger partial charge on any atom is -0.365 e. The summed E-state index contributed by atoms with van der Waals surface area (Å²) in [7, 11) is 0. The van der Waals surface area contributed by atoms with E-state index >= 15 is 0 Å². The van der Waals surface area contributed by atoms with Gasteiger partial charge in [-0.2, -0.15) is 0 Å². The largest absolute Gasteiger partial charge is 0.365 e. The van der Waals surface area contributed by atoms with Gasteiger partial charge in [-0.15, -0.1) is 0 Å².